The highest BCUT2D eigenvalue weighted by Gasteiger charge is 2.70. The lowest BCUT2D eigenvalue weighted by atomic mass is 9.64. The van der Waals surface area contributed by atoms with E-state index in [-0.39, 0.29) is 17.5 Å². The molecule has 0 aliphatic carbocycles. The Kier molecular flexibility index (Phi) is 5.65. The van der Waals surface area contributed by atoms with E-state index in [1.54, 1.807) is 24.3 Å². The zero-order valence-electron chi connectivity index (χ0n) is 21.7. The number of carbonyl (C=O) groups is 3. The van der Waals surface area contributed by atoms with Crippen molar-refractivity contribution < 1.29 is 14.4 Å². The van der Waals surface area contributed by atoms with Gasteiger partial charge in [0.1, 0.15) is 11.5 Å². The molecule has 0 radical (unpaired) electrons. The van der Waals surface area contributed by atoms with Crippen molar-refractivity contribution in [1.29, 1.82) is 0 Å². The van der Waals surface area contributed by atoms with E-state index in [9.17, 15) is 14.4 Å². The number of carbonyl (C=O) groups excluding carboxylic acids is 3. The summed E-state index contributed by atoms with van der Waals surface area (Å²) in [5, 5.41) is 3.07. The summed E-state index contributed by atoms with van der Waals surface area (Å²) in [7, 11) is 0. The summed E-state index contributed by atoms with van der Waals surface area (Å²) in [5.41, 5.74) is 3.92. The van der Waals surface area contributed by atoms with Gasteiger partial charge in [0.25, 0.3) is 0 Å². The highest BCUT2D eigenvalue weighted by Crippen LogP contribution is 2.58. The number of fused-ring (bicyclic) bond motifs is 6. The van der Waals surface area contributed by atoms with Crippen molar-refractivity contribution in [3.05, 3.63) is 135 Å². The van der Waals surface area contributed by atoms with Crippen molar-refractivity contribution in [1.82, 2.24) is 0 Å². The fourth-order valence-electron chi connectivity index (χ4n) is 6.84. The molecule has 0 aromatic heterocycles. The van der Waals surface area contributed by atoms with Gasteiger partial charge in [-0.05, 0) is 47.9 Å². The van der Waals surface area contributed by atoms with Gasteiger partial charge in [0.05, 0.1) is 12.0 Å². The van der Waals surface area contributed by atoms with Crippen LogP contribution >= 0.6 is 15.9 Å². The minimum atomic E-state index is -1.31. The zero-order chi connectivity index (χ0) is 27.6. The SMILES string of the molecule is Cc1ccc2c(c1)N1[C@@H](C=C2)[C@]2(C(=O)Nc3ccccc32)[C@H](C(=O)c2ccc(Br)cc2)[C@@H]1C(=O)c1ccccc1. The Morgan fingerprint density at radius 3 is 2.33 bits per heavy atom. The van der Waals surface area contributed by atoms with E-state index in [1.165, 1.54) is 0 Å². The predicted octanol–water partition coefficient (Wildman–Crippen LogP) is 6.61. The van der Waals surface area contributed by atoms with Crippen LogP contribution in [0.1, 0.15) is 37.4 Å². The molecule has 0 unspecified atom stereocenters. The summed E-state index contributed by atoms with van der Waals surface area (Å²) >= 11 is 3.46. The number of nitrogens with one attached hydrogen (secondary N) is 1. The Balaban J connectivity index is 1.55. The number of hydrogen-bond donors (Lipinski definition) is 1. The number of halogens is 1. The highest BCUT2D eigenvalue weighted by molar-refractivity contribution is 9.10. The first kappa shape index (κ1) is 24.7. The molecule has 1 amide bonds. The molecule has 6 heteroatoms. The molecule has 3 heterocycles. The quantitative estimate of drug-likeness (QED) is 0.272. The molecule has 0 saturated carbocycles. The molecule has 1 N–H and O–H groups in total. The van der Waals surface area contributed by atoms with Crippen molar-refractivity contribution in [2.75, 3.05) is 10.2 Å². The number of rotatable bonds is 4. The Morgan fingerprint density at radius 2 is 1.55 bits per heavy atom. The van der Waals surface area contributed by atoms with Crippen LogP contribution in [-0.4, -0.2) is 29.6 Å². The largest absolute Gasteiger partial charge is 0.352 e. The molecule has 7 rings (SSSR count). The molecule has 1 fully saturated rings. The van der Waals surface area contributed by atoms with Crippen molar-refractivity contribution in [2.45, 2.75) is 24.4 Å². The van der Waals surface area contributed by atoms with Gasteiger partial charge in [0, 0.05) is 27.0 Å². The van der Waals surface area contributed by atoms with Crippen molar-refractivity contribution in [3.8, 4) is 0 Å². The average molecular weight is 589 g/mol. The van der Waals surface area contributed by atoms with E-state index in [4.69, 9.17) is 0 Å². The van der Waals surface area contributed by atoms with Gasteiger partial charge >= 0.3 is 0 Å². The van der Waals surface area contributed by atoms with Crippen LogP contribution in [0.3, 0.4) is 0 Å². The first-order valence-corrected chi connectivity index (χ1v) is 14.1. The molecule has 40 heavy (non-hydrogen) atoms. The lowest BCUT2D eigenvalue weighted by Crippen LogP contribution is -2.51. The number of amides is 1. The number of ketones is 2. The van der Waals surface area contributed by atoms with E-state index >= 15 is 0 Å². The van der Waals surface area contributed by atoms with Crippen molar-refractivity contribution in [3.63, 3.8) is 0 Å². The molecule has 3 aliphatic rings. The normalized spacial score (nSPS) is 23.9. The molecule has 4 aromatic carbocycles. The molecule has 0 bridgehead atoms. The van der Waals surface area contributed by atoms with Crippen LogP contribution in [0.5, 0.6) is 0 Å². The van der Waals surface area contributed by atoms with Gasteiger partial charge < -0.3 is 10.2 Å². The summed E-state index contributed by atoms with van der Waals surface area (Å²) in [4.78, 5) is 45.7. The molecule has 5 nitrogen and oxygen atoms in total. The van der Waals surface area contributed by atoms with Gasteiger partial charge in [-0.1, -0.05) is 101 Å². The van der Waals surface area contributed by atoms with E-state index in [2.05, 4.69) is 27.3 Å². The summed E-state index contributed by atoms with van der Waals surface area (Å²) in [6, 6.07) is 28.4. The third kappa shape index (κ3) is 3.42. The maximum Gasteiger partial charge on any atom is 0.238 e. The topological polar surface area (TPSA) is 66.5 Å². The van der Waals surface area contributed by atoms with Crippen molar-refractivity contribution in [2.24, 2.45) is 5.92 Å². The van der Waals surface area contributed by atoms with Crippen LogP contribution in [0.2, 0.25) is 0 Å². The summed E-state index contributed by atoms with van der Waals surface area (Å²) in [6.45, 7) is 2.01. The van der Waals surface area contributed by atoms with E-state index in [0.717, 1.165) is 26.9 Å². The first-order chi connectivity index (χ1) is 19.4. The second-order valence-corrected chi connectivity index (χ2v) is 11.6. The van der Waals surface area contributed by atoms with Gasteiger partial charge in [-0.15, -0.1) is 0 Å². The second-order valence-electron chi connectivity index (χ2n) is 10.7. The monoisotopic (exact) mass is 588 g/mol. The minimum Gasteiger partial charge on any atom is -0.352 e. The van der Waals surface area contributed by atoms with Gasteiger partial charge in [0.15, 0.2) is 11.6 Å². The zero-order valence-corrected chi connectivity index (χ0v) is 23.3. The van der Waals surface area contributed by atoms with Crippen LogP contribution in [0, 0.1) is 12.8 Å². The predicted molar refractivity (Wildman–Crippen MR) is 160 cm³/mol. The standard InChI is InChI=1S/C34H25BrN2O3/c1-20-11-12-21-15-18-28-34(25-9-5-6-10-26(25)36-33(34)40)29(31(38)23-13-16-24(35)17-14-23)30(37(28)27(21)19-20)32(39)22-7-3-2-4-8-22/h2-19,28-30H,1H3,(H,36,40)/t28-,29-,30+,34-/m0/s1. The number of nitrogens with zero attached hydrogens (tertiary/aromatic N) is 1. The number of Topliss-reactive ketones (excluding diaryl/α,β-unsaturated/α-hetero) is 2. The van der Waals surface area contributed by atoms with Crippen molar-refractivity contribution >= 4 is 50.9 Å². The van der Waals surface area contributed by atoms with Crippen LogP contribution < -0.4 is 10.2 Å². The third-order valence-electron chi connectivity index (χ3n) is 8.53. The second kappa shape index (κ2) is 9.14. The highest BCUT2D eigenvalue weighted by atomic mass is 79.9. The maximum atomic E-state index is 14.7. The molecule has 1 saturated heterocycles. The Labute approximate surface area is 240 Å². The van der Waals surface area contributed by atoms with Crippen LogP contribution in [0.4, 0.5) is 11.4 Å². The number of benzene rings is 4. The van der Waals surface area contributed by atoms with Gasteiger partial charge in [-0.2, -0.15) is 0 Å². The number of aryl methyl sites for hydroxylation is 1. The van der Waals surface area contributed by atoms with E-state index in [0.29, 0.717) is 16.8 Å². The van der Waals surface area contributed by atoms with Gasteiger partial charge in [0.2, 0.25) is 5.91 Å². The average Bonchev–Trinajstić information content (AvgIpc) is 3.45. The fourth-order valence-corrected chi connectivity index (χ4v) is 7.11. The summed E-state index contributed by atoms with van der Waals surface area (Å²) in [6.07, 6.45) is 4.02. The Morgan fingerprint density at radius 1 is 0.850 bits per heavy atom. The maximum absolute atomic E-state index is 14.7. The van der Waals surface area contributed by atoms with Crippen LogP contribution in [0.25, 0.3) is 6.08 Å². The molecule has 4 aromatic rings. The molecular formula is C34H25BrN2O3. The molecule has 3 aliphatic heterocycles. The summed E-state index contributed by atoms with van der Waals surface area (Å²) in [5.74, 6) is -1.65. The van der Waals surface area contributed by atoms with E-state index in [1.807, 2.05) is 90.7 Å². The molecule has 4 atom stereocenters. The van der Waals surface area contributed by atoms with Gasteiger partial charge in [-0.25, -0.2) is 0 Å². The van der Waals surface area contributed by atoms with Gasteiger partial charge in [-0.3, -0.25) is 14.4 Å². The molecular weight excluding hydrogens is 564 g/mol. The molecule has 196 valence electrons. The number of anilines is 2. The number of para-hydroxylation sites is 1. The Bertz CT molecular complexity index is 1730. The third-order valence-corrected chi connectivity index (χ3v) is 9.06. The lowest BCUT2D eigenvalue weighted by molar-refractivity contribution is -0.121. The smallest absolute Gasteiger partial charge is 0.238 e. The van der Waals surface area contributed by atoms with Crippen LogP contribution in [-0.2, 0) is 10.2 Å². The lowest BCUT2D eigenvalue weighted by Gasteiger charge is -2.37. The van der Waals surface area contributed by atoms with E-state index < -0.39 is 23.4 Å². The fraction of sp³-hybridized carbons (Fsp3) is 0.147. The molecule has 1 spiro atoms. The summed E-state index contributed by atoms with van der Waals surface area (Å²) < 4.78 is 0.843. The first-order valence-electron chi connectivity index (χ1n) is 13.3. The Hall–Kier alpha value is -4.29. The van der Waals surface area contributed by atoms with Crippen LogP contribution in [0.15, 0.2) is 108 Å². The minimum absolute atomic E-state index is 0.183. The number of hydrogen-bond acceptors (Lipinski definition) is 4.